The third kappa shape index (κ3) is 4.41. The van der Waals surface area contributed by atoms with Gasteiger partial charge < -0.3 is 10.6 Å². The van der Waals surface area contributed by atoms with Crippen molar-refractivity contribution < 1.29 is 9.59 Å². The molecule has 0 bridgehead atoms. The highest BCUT2D eigenvalue weighted by Crippen LogP contribution is 2.10. The highest BCUT2D eigenvalue weighted by atomic mass is 16.2. The van der Waals surface area contributed by atoms with Gasteiger partial charge in [0.15, 0.2) is 5.82 Å². The Labute approximate surface area is 122 Å². The molecular formula is C14H17N5O2. The van der Waals surface area contributed by atoms with Gasteiger partial charge in [0.1, 0.15) is 6.54 Å². The molecule has 0 radical (unpaired) electrons. The molecule has 7 heteroatoms. The number of aryl methyl sites for hydroxylation is 1. The number of anilines is 2. The smallest absolute Gasteiger partial charge is 0.246 e. The van der Waals surface area contributed by atoms with E-state index in [1.54, 1.807) is 0 Å². The molecule has 0 saturated carbocycles. The van der Waals surface area contributed by atoms with Gasteiger partial charge in [-0.05, 0) is 24.1 Å². The molecular weight excluding hydrogens is 270 g/mol. The van der Waals surface area contributed by atoms with Crippen molar-refractivity contribution in [2.45, 2.75) is 26.8 Å². The summed E-state index contributed by atoms with van der Waals surface area (Å²) >= 11 is 0. The van der Waals surface area contributed by atoms with Gasteiger partial charge in [-0.3, -0.25) is 9.59 Å². The Morgan fingerprint density at radius 1 is 1.19 bits per heavy atom. The van der Waals surface area contributed by atoms with Crippen molar-refractivity contribution in [3.63, 3.8) is 0 Å². The van der Waals surface area contributed by atoms with Gasteiger partial charge in [-0.25, -0.2) is 4.68 Å². The summed E-state index contributed by atoms with van der Waals surface area (Å²) in [6, 6.07) is 7.67. The van der Waals surface area contributed by atoms with Crippen molar-refractivity contribution in [2.75, 3.05) is 10.6 Å². The van der Waals surface area contributed by atoms with Crippen molar-refractivity contribution in [1.82, 2.24) is 15.0 Å². The fourth-order valence-corrected chi connectivity index (χ4v) is 1.78. The lowest BCUT2D eigenvalue weighted by Gasteiger charge is -2.05. The second-order valence-corrected chi connectivity index (χ2v) is 4.58. The molecule has 0 aliphatic carbocycles. The molecule has 7 nitrogen and oxygen atoms in total. The minimum absolute atomic E-state index is 0.0299. The van der Waals surface area contributed by atoms with Crippen LogP contribution >= 0.6 is 0 Å². The topological polar surface area (TPSA) is 88.9 Å². The molecule has 21 heavy (non-hydrogen) atoms. The standard InChI is InChI=1S/C14H17N5O2/c1-3-11-4-6-12(7-5-11)16-14(21)9-19-8-13(17-18-19)15-10(2)20/h4-8H,3,9H2,1-2H3,(H,15,20)(H,16,21). The molecule has 0 saturated heterocycles. The first-order chi connectivity index (χ1) is 10.1. The Kier molecular flexibility index (Phi) is 4.65. The van der Waals surface area contributed by atoms with E-state index >= 15 is 0 Å². The lowest BCUT2D eigenvalue weighted by molar-refractivity contribution is -0.117. The Morgan fingerprint density at radius 2 is 1.90 bits per heavy atom. The lowest BCUT2D eigenvalue weighted by atomic mass is 10.1. The minimum Gasteiger partial charge on any atom is -0.324 e. The molecule has 1 heterocycles. The van der Waals surface area contributed by atoms with Gasteiger partial charge in [0.05, 0.1) is 6.20 Å². The van der Waals surface area contributed by atoms with E-state index in [1.165, 1.54) is 23.4 Å². The van der Waals surface area contributed by atoms with Crippen LogP contribution in [-0.2, 0) is 22.6 Å². The molecule has 1 aromatic heterocycles. The number of hydrogen-bond acceptors (Lipinski definition) is 4. The van der Waals surface area contributed by atoms with Gasteiger partial charge in [0.25, 0.3) is 0 Å². The first-order valence-corrected chi connectivity index (χ1v) is 6.63. The number of nitrogens with one attached hydrogen (secondary N) is 2. The molecule has 0 atom stereocenters. The second-order valence-electron chi connectivity index (χ2n) is 4.58. The molecule has 0 spiro atoms. The van der Waals surface area contributed by atoms with Crippen LogP contribution in [0.2, 0.25) is 0 Å². The van der Waals surface area contributed by atoms with Crippen LogP contribution in [0.3, 0.4) is 0 Å². The number of hydrogen-bond donors (Lipinski definition) is 2. The van der Waals surface area contributed by atoms with Crippen LogP contribution < -0.4 is 10.6 Å². The number of carbonyl (C=O) groups excluding carboxylic acids is 2. The van der Waals surface area contributed by atoms with E-state index in [9.17, 15) is 9.59 Å². The molecule has 0 fully saturated rings. The Bertz CT molecular complexity index is 633. The van der Waals surface area contributed by atoms with Gasteiger partial charge in [0, 0.05) is 12.6 Å². The average molecular weight is 287 g/mol. The van der Waals surface area contributed by atoms with Gasteiger partial charge in [-0.15, -0.1) is 5.10 Å². The van der Waals surface area contributed by atoms with E-state index in [4.69, 9.17) is 0 Å². The van der Waals surface area contributed by atoms with Crippen LogP contribution in [0.1, 0.15) is 19.4 Å². The largest absolute Gasteiger partial charge is 0.324 e. The number of amides is 2. The third-order valence-electron chi connectivity index (χ3n) is 2.79. The highest BCUT2D eigenvalue weighted by molar-refractivity contribution is 5.90. The van der Waals surface area contributed by atoms with Crippen molar-refractivity contribution in [3.8, 4) is 0 Å². The first-order valence-electron chi connectivity index (χ1n) is 6.63. The third-order valence-corrected chi connectivity index (χ3v) is 2.79. The van der Waals surface area contributed by atoms with Crippen molar-refractivity contribution >= 4 is 23.3 Å². The zero-order valence-corrected chi connectivity index (χ0v) is 12.0. The number of benzene rings is 1. The van der Waals surface area contributed by atoms with Crippen molar-refractivity contribution in [1.29, 1.82) is 0 Å². The van der Waals surface area contributed by atoms with Crippen LogP contribution in [0, 0.1) is 0 Å². The predicted molar refractivity (Wildman–Crippen MR) is 78.8 cm³/mol. The van der Waals surface area contributed by atoms with E-state index < -0.39 is 0 Å². The molecule has 110 valence electrons. The molecule has 1 aromatic carbocycles. The Balaban J connectivity index is 1.91. The van der Waals surface area contributed by atoms with Gasteiger partial charge >= 0.3 is 0 Å². The zero-order chi connectivity index (χ0) is 15.2. The Morgan fingerprint density at radius 3 is 2.52 bits per heavy atom. The quantitative estimate of drug-likeness (QED) is 0.870. The summed E-state index contributed by atoms with van der Waals surface area (Å²) in [6.45, 7) is 3.48. The molecule has 0 aliphatic heterocycles. The van der Waals surface area contributed by atoms with Crippen molar-refractivity contribution in [3.05, 3.63) is 36.0 Å². The second kappa shape index (κ2) is 6.65. The highest BCUT2D eigenvalue weighted by Gasteiger charge is 2.07. The van der Waals surface area contributed by atoms with E-state index in [2.05, 4.69) is 27.9 Å². The SMILES string of the molecule is CCc1ccc(NC(=O)Cn2cc(NC(C)=O)nn2)cc1. The fraction of sp³-hybridized carbons (Fsp3) is 0.286. The minimum atomic E-state index is -0.234. The summed E-state index contributed by atoms with van der Waals surface area (Å²) in [7, 11) is 0. The van der Waals surface area contributed by atoms with E-state index in [0.29, 0.717) is 5.82 Å². The normalized spacial score (nSPS) is 10.2. The molecule has 2 rings (SSSR count). The van der Waals surface area contributed by atoms with Gasteiger partial charge in [-0.1, -0.05) is 24.3 Å². The number of carbonyl (C=O) groups is 2. The maximum absolute atomic E-state index is 11.9. The summed E-state index contributed by atoms with van der Waals surface area (Å²) in [5.74, 6) is -0.122. The van der Waals surface area contributed by atoms with Crippen molar-refractivity contribution in [2.24, 2.45) is 0 Å². The first kappa shape index (κ1) is 14.7. The fourth-order valence-electron chi connectivity index (χ4n) is 1.78. The summed E-state index contributed by atoms with van der Waals surface area (Å²) in [5, 5.41) is 12.8. The molecule has 2 amide bonds. The van der Waals surface area contributed by atoms with E-state index in [1.807, 2.05) is 24.3 Å². The molecule has 0 aliphatic rings. The van der Waals surface area contributed by atoms with E-state index in [-0.39, 0.29) is 18.4 Å². The summed E-state index contributed by atoms with van der Waals surface area (Å²) in [5.41, 5.74) is 1.95. The van der Waals surface area contributed by atoms with Crippen LogP contribution in [-0.4, -0.2) is 26.8 Å². The number of aromatic nitrogens is 3. The molecule has 2 N–H and O–H groups in total. The number of rotatable bonds is 5. The zero-order valence-electron chi connectivity index (χ0n) is 12.0. The average Bonchev–Trinajstić information content (AvgIpc) is 2.85. The van der Waals surface area contributed by atoms with Crippen LogP contribution in [0.15, 0.2) is 30.5 Å². The Hall–Kier alpha value is -2.70. The van der Waals surface area contributed by atoms with Gasteiger partial charge in [-0.2, -0.15) is 0 Å². The molecule has 2 aromatic rings. The maximum Gasteiger partial charge on any atom is 0.246 e. The predicted octanol–water partition coefficient (Wildman–Crippen LogP) is 1.44. The van der Waals surface area contributed by atoms with Crippen LogP contribution in [0.25, 0.3) is 0 Å². The lowest BCUT2D eigenvalue weighted by Crippen LogP contribution is -2.19. The summed E-state index contributed by atoms with van der Waals surface area (Å²) in [4.78, 5) is 22.8. The van der Waals surface area contributed by atoms with Gasteiger partial charge in [0.2, 0.25) is 11.8 Å². The van der Waals surface area contributed by atoms with Crippen LogP contribution in [0.5, 0.6) is 0 Å². The maximum atomic E-state index is 11.9. The molecule has 0 unspecified atom stereocenters. The summed E-state index contributed by atoms with van der Waals surface area (Å²) in [6.07, 6.45) is 2.46. The number of nitrogens with zero attached hydrogens (tertiary/aromatic N) is 3. The summed E-state index contributed by atoms with van der Waals surface area (Å²) < 4.78 is 1.36. The monoisotopic (exact) mass is 287 g/mol. The van der Waals surface area contributed by atoms with E-state index in [0.717, 1.165) is 12.1 Å². The van der Waals surface area contributed by atoms with Crippen LogP contribution in [0.4, 0.5) is 11.5 Å².